The van der Waals surface area contributed by atoms with Crippen molar-refractivity contribution in [2.75, 3.05) is 0 Å². The summed E-state index contributed by atoms with van der Waals surface area (Å²) in [7, 11) is 0. The first-order valence-electron chi connectivity index (χ1n) is 5.60. The van der Waals surface area contributed by atoms with Gasteiger partial charge in [0.25, 0.3) is 0 Å². The molecule has 0 nitrogen and oxygen atoms in total. The molecule has 0 saturated carbocycles. The minimum atomic E-state index is 1.27. The maximum Gasteiger partial charge on any atom is -0.0184 e. The van der Waals surface area contributed by atoms with Crippen LogP contribution in [0.2, 0.25) is 0 Å². The molecule has 0 aliphatic rings. The number of benzene rings is 2. The third-order valence-electron chi connectivity index (χ3n) is 2.88. The van der Waals surface area contributed by atoms with Gasteiger partial charge in [-0.2, -0.15) is 0 Å². The topological polar surface area (TPSA) is 0 Å². The van der Waals surface area contributed by atoms with Gasteiger partial charge in [0, 0.05) is 0 Å². The molecule has 0 aliphatic carbocycles. The van der Waals surface area contributed by atoms with Crippen LogP contribution in [0.15, 0.2) is 60.7 Å². The number of hydrogen-bond donors (Lipinski definition) is 0. The summed E-state index contributed by atoms with van der Waals surface area (Å²) in [6, 6.07) is 19.2. The highest BCUT2D eigenvalue weighted by Gasteiger charge is 1.97. The summed E-state index contributed by atoms with van der Waals surface area (Å²) in [5.74, 6) is 0. The minimum Gasteiger partial charge on any atom is -0.0841 e. The van der Waals surface area contributed by atoms with Crippen LogP contribution in [0.25, 0.3) is 16.7 Å². The largest absolute Gasteiger partial charge is 0.0841 e. The van der Waals surface area contributed by atoms with Crippen LogP contribution in [0.4, 0.5) is 0 Å². The quantitative estimate of drug-likeness (QED) is 0.666. The molecule has 0 aliphatic heterocycles. The average Bonchev–Trinajstić information content (AvgIpc) is 2.39. The van der Waals surface area contributed by atoms with Crippen LogP contribution in [0.5, 0.6) is 0 Å². The lowest BCUT2D eigenvalue weighted by Crippen LogP contribution is -1.80. The monoisotopic (exact) mass is 208 g/mol. The summed E-state index contributed by atoms with van der Waals surface area (Å²) in [6.45, 7) is 4.21. The first-order valence-corrected chi connectivity index (χ1v) is 5.60. The van der Waals surface area contributed by atoms with E-state index in [1.54, 1.807) is 0 Å². The zero-order valence-electron chi connectivity index (χ0n) is 9.77. The van der Waals surface area contributed by atoms with Gasteiger partial charge in [0.05, 0.1) is 0 Å². The van der Waals surface area contributed by atoms with Gasteiger partial charge in [0.15, 0.2) is 0 Å². The highest BCUT2D eigenvalue weighted by Crippen LogP contribution is 2.21. The van der Waals surface area contributed by atoms with Gasteiger partial charge in [-0.25, -0.2) is 0 Å². The second-order valence-electron chi connectivity index (χ2n) is 3.92. The maximum absolute atomic E-state index is 2.18. The summed E-state index contributed by atoms with van der Waals surface area (Å²) in [4.78, 5) is 0. The van der Waals surface area contributed by atoms with Crippen molar-refractivity contribution in [3.63, 3.8) is 0 Å². The maximum atomic E-state index is 2.18. The summed E-state index contributed by atoms with van der Waals surface area (Å²) < 4.78 is 0. The number of allylic oxidation sites excluding steroid dienone is 2. The van der Waals surface area contributed by atoms with Crippen LogP contribution < -0.4 is 0 Å². The number of hydrogen-bond acceptors (Lipinski definition) is 0. The summed E-state index contributed by atoms with van der Waals surface area (Å²) >= 11 is 0. The normalized spacial score (nSPS) is 11.5. The van der Waals surface area contributed by atoms with Crippen molar-refractivity contribution in [1.29, 1.82) is 0 Å². The van der Waals surface area contributed by atoms with Crippen molar-refractivity contribution >= 4 is 5.57 Å². The fourth-order valence-electron chi connectivity index (χ4n) is 1.72. The van der Waals surface area contributed by atoms with Crippen LogP contribution in [0.1, 0.15) is 19.4 Å². The molecule has 0 heterocycles. The predicted octanol–water partition coefficient (Wildman–Crippen LogP) is 4.78. The third-order valence-corrected chi connectivity index (χ3v) is 2.88. The van der Waals surface area contributed by atoms with E-state index in [1.807, 2.05) is 6.07 Å². The molecule has 0 bridgehead atoms. The van der Waals surface area contributed by atoms with Gasteiger partial charge in [-0.05, 0) is 36.1 Å². The fraction of sp³-hybridized carbons (Fsp3) is 0.125. The first kappa shape index (κ1) is 10.7. The Kier molecular flexibility index (Phi) is 3.21. The third kappa shape index (κ3) is 2.22. The molecule has 0 aromatic heterocycles. The molecule has 0 amide bonds. The summed E-state index contributed by atoms with van der Waals surface area (Å²) in [5, 5.41) is 0. The van der Waals surface area contributed by atoms with Gasteiger partial charge in [-0.3, -0.25) is 0 Å². The molecular weight excluding hydrogens is 192 g/mol. The molecule has 0 N–H and O–H groups in total. The van der Waals surface area contributed by atoms with E-state index in [0.717, 1.165) is 0 Å². The van der Waals surface area contributed by atoms with Crippen molar-refractivity contribution in [1.82, 2.24) is 0 Å². The molecule has 2 aromatic carbocycles. The molecule has 0 unspecified atom stereocenters. The molecule has 80 valence electrons. The lowest BCUT2D eigenvalue weighted by molar-refractivity contribution is 1.53. The first-order chi connectivity index (χ1) is 7.81. The van der Waals surface area contributed by atoms with Crippen molar-refractivity contribution in [2.24, 2.45) is 0 Å². The van der Waals surface area contributed by atoms with Crippen LogP contribution in [0, 0.1) is 0 Å². The Morgan fingerprint density at radius 3 is 1.94 bits per heavy atom. The Morgan fingerprint density at radius 2 is 1.38 bits per heavy atom. The van der Waals surface area contributed by atoms with E-state index in [0.29, 0.717) is 0 Å². The molecule has 0 fully saturated rings. The summed E-state index contributed by atoms with van der Waals surface area (Å²) in [5.41, 5.74) is 5.15. The van der Waals surface area contributed by atoms with Gasteiger partial charge in [0.2, 0.25) is 0 Å². The van der Waals surface area contributed by atoms with E-state index in [4.69, 9.17) is 0 Å². The zero-order chi connectivity index (χ0) is 11.4. The second kappa shape index (κ2) is 4.80. The van der Waals surface area contributed by atoms with Crippen LogP contribution in [-0.4, -0.2) is 0 Å². The van der Waals surface area contributed by atoms with E-state index < -0.39 is 0 Å². The highest BCUT2D eigenvalue weighted by atomic mass is 14.0. The Morgan fingerprint density at radius 1 is 0.812 bits per heavy atom. The number of rotatable bonds is 2. The SMILES string of the molecule is C/C=C(/C)c1ccc(-c2ccccc2)cc1. The molecule has 0 saturated heterocycles. The van der Waals surface area contributed by atoms with Gasteiger partial charge < -0.3 is 0 Å². The summed E-state index contributed by atoms with van der Waals surface area (Å²) in [6.07, 6.45) is 2.14. The molecule has 0 spiro atoms. The molecule has 0 radical (unpaired) electrons. The Labute approximate surface area is 97.3 Å². The van der Waals surface area contributed by atoms with E-state index in [-0.39, 0.29) is 0 Å². The zero-order valence-corrected chi connectivity index (χ0v) is 9.77. The molecular formula is C16H16. The average molecular weight is 208 g/mol. The Balaban J connectivity index is 2.34. The van der Waals surface area contributed by atoms with E-state index >= 15 is 0 Å². The van der Waals surface area contributed by atoms with E-state index in [2.05, 4.69) is 68.5 Å². The van der Waals surface area contributed by atoms with Crippen LogP contribution in [0.3, 0.4) is 0 Å². The predicted molar refractivity (Wildman–Crippen MR) is 71.2 cm³/mol. The van der Waals surface area contributed by atoms with Gasteiger partial charge in [-0.1, -0.05) is 60.7 Å². The van der Waals surface area contributed by atoms with Crippen molar-refractivity contribution in [3.05, 3.63) is 66.2 Å². The molecule has 2 aromatic rings. The lowest BCUT2D eigenvalue weighted by atomic mass is 10.0. The van der Waals surface area contributed by atoms with Crippen LogP contribution in [-0.2, 0) is 0 Å². The van der Waals surface area contributed by atoms with Crippen molar-refractivity contribution in [2.45, 2.75) is 13.8 Å². The fourth-order valence-corrected chi connectivity index (χ4v) is 1.72. The molecule has 2 rings (SSSR count). The highest BCUT2D eigenvalue weighted by molar-refractivity contribution is 5.69. The standard InChI is InChI=1S/C16H16/c1-3-13(2)14-9-11-16(12-10-14)15-7-5-4-6-8-15/h3-12H,1-2H3/b13-3-. The lowest BCUT2D eigenvalue weighted by Gasteiger charge is -2.04. The Hall–Kier alpha value is -1.82. The van der Waals surface area contributed by atoms with Crippen molar-refractivity contribution in [3.8, 4) is 11.1 Å². The minimum absolute atomic E-state index is 1.27. The van der Waals surface area contributed by atoms with Crippen molar-refractivity contribution < 1.29 is 0 Å². The molecule has 0 heteroatoms. The molecule has 0 atom stereocenters. The Bertz CT molecular complexity index is 475. The smallest absolute Gasteiger partial charge is 0.0184 e. The van der Waals surface area contributed by atoms with Gasteiger partial charge in [-0.15, -0.1) is 0 Å². The van der Waals surface area contributed by atoms with Crippen LogP contribution >= 0.6 is 0 Å². The second-order valence-corrected chi connectivity index (χ2v) is 3.92. The van der Waals surface area contributed by atoms with Gasteiger partial charge in [0.1, 0.15) is 0 Å². The van der Waals surface area contributed by atoms with E-state index in [9.17, 15) is 0 Å². The van der Waals surface area contributed by atoms with E-state index in [1.165, 1.54) is 22.3 Å². The molecule has 16 heavy (non-hydrogen) atoms. The van der Waals surface area contributed by atoms with Gasteiger partial charge >= 0.3 is 0 Å².